The summed E-state index contributed by atoms with van der Waals surface area (Å²) >= 11 is 6.24. The van der Waals surface area contributed by atoms with Crippen molar-refractivity contribution in [3.05, 3.63) is 47.0 Å². The van der Waals surface area contributed by atoms with Crippen LogP contribution in [0.4, 0.5) is 11.4 Å². The monoisotopic (exact) mass is 434 g/mol. The van der Waals surface area contributed by atoms with Crippen LogP contribution in [0.3, 0.4) is 0 Å². The van der Waals surface area contributed by atoms with Gasteiger partial charge >= 0.3 is 5.97 Å². The van der Waals surface area contributed by atoms with E-state index in [0.717, 1.165) is 12.1 Å². The first-order valence-electron chi connectivity index (χ1n) is 9.56. The predicted octanol–water partition coefficient (Wildman–Crippen LogP) is 4.39. The molecular weight excluding hydrogens is 408 g/mol. The van der Waals surface area contributed by atoms with E-state index in [-0.39, 0.29) is 10.6 Å². The van der Waals surface area contributed by atoms with Crippen LogP contribution >= 0.6 is 11.6 Å². The second-order valence-electron chi connectivity index (χ2n) is 6.82. The third kappa shape index (κ3) is 6.03. The van der Waals surface area contributed by atoms with Crippen molar-refractivity contribution < 1.29 is 23.8 Å². The molecule has 8 heteroatoms. The molecule has 0 bridgehead atoms. The van der Waals surface area contributed by atoms with E-state index in [1.165, 1.54) is 26.2 Å². The van der Waals surface area contributed by atoms with Gasteiger partial charge in [0, 0.05) is 25.5 Å². The summed E-state index contributed by atoms with van der Waals surface area (Å²) in [6.45, 7) is 3.93. The molecule has 0 aliphatic rings. The van der Waals surface area contributed by atoms with Crippen LogP contribution in [-0.4, -0.2) is 45.8 Å². The lowest BCUT2D eigenvalue weighted by atomic mass is 10.2. The molecule has 2 aromatic rings. The number of esters is 1. The Morgan fingerprint density at radius 2 is 1.83 bits per heavy atom. The lowest BCUT2D eigenvalue weighted by Gasteiger charge is -2.16. The number of benzene rings is 2. The number of halogens is 1. The maximum atomic E-state index is 12.5. The number of hydrogen-bond acceptors (Lipinski definition) is 6. The Kier molecular flexibility index (Phi) is 8.35. The molecule has 1 unspecified atom stereocenters. The van der Waals surface area contributed by atoms with Crippen molar-refractivity contribution in [3.63, 3.8) is 0 Å². The Bertz CT molecular complexity index is 884. The van der Waals surface area contributed by atoms with Gasteiger partial charge in [0.25, 0.3) is 5.91 Å². The normalized spacial score (nSPS) is 11.4. The van der Waals surface area contributed by atoms with Crippen LogP contribution in [-0.2, 0) is 9.53 Å². The Morgan fingerprint density at radius 1 is 1.17 bits per heavy atom. The number of amides is 1. The van der Waals surface area contributed by atoms with Crippen LogP contribution < -0.4 is 19.7 Å². The van der Waals surface area contributed by atoms with Crippen LogP contribution in [0.25, 0.3) is 0 Å². The average Bonchev–Trinajstić information content (AvgIpc) is 2.72. The summed E-state index contributed by atoms with van der Waals surface area (Å²) in [5, 5.41) is 2.95. The molecule has 0 saturated heterocycles. The Labute approximate surface area is 181 Å². The number of rotatable bonds is 9. The number of hydrogen-bond donors (Lipinski definition) is 1. The smallest absolute Gasteiger partial charge is 0.339 e. The van der Waals surface area contributed by atoms with Gasteiger partial charge in [0.1, 0.15) is 0 Å². The Morgan fingerprint density at radius 3 is 2.40 bits per heavy atom. The molecule has 2 rings (SSSR count). The Hall–Kier alpha value is -2.93. The molecule has 162 valence electrons. The highest BCUT2D eigenvalue weighted by atomic mass is 35.5. The molecule has 2 aromatic carbocycles. The summed E-state index contributed by atoms with van der Waals surface area (Å²) in [6, 6.07) is 10.2. The van der Waals surface area contributed by atoms with E-state index in [2.05, 4.69) is 5.32 Å². The van der Waals surface area contributed by atoms with Crippen LogP contribution in [0, 0.1) is 0 Å². The van der Waals surface area contributed by atoms with E-state index in [0.29, 0.717) is 23.8 Å². The van der Waals surface area contributed by atoms with E-state index in [9.17, 15) is 9.59 Å². The van der Waals surface area contributed by atoms with E-state index in [1.807, 2.05) is 38.1 Å². The molecule has 0 radical (unpaired) electrons. The zero-order valence-electron chi connectivity index (χ0n) is 17.8. The first-order chi connectivity index (χ1) is 14.3. The highest BCUT2D eigenvalue weighted by molar-refractivity contribution is 6.32. The van der Waals surface area contributed by atoms with Gasteiger partial charge in [-0.25, -0.2) is 4.79 Å². The number of carbonyl (C=O) groups excluding carboxylic acids is 2. The fraction of sp³-hybridized carbons (Fsp3) is 0.364. The van der Waals surface area contributed by atoms with Crippen molar-refractivity contribution >= 4 is 34.9 Å². The minimum Gasteiger partial charge on any atom is -0.493 e. The molecule has 30 heavy (non-hydrogen) atoms. The van der Waals surface area contributed by atoms with Gasteiger partial charge in [0.05, 0.1) is 24.3 Å². The van der Waals surface area contributed by atoms with Gasteiger partial charge in [-0.15, -0.1) is 0 Å². The average molecular weight is 435 g/mol. The summed E-state index contributed by atoms with van der Waals surface area (Å²) in [4.78, 5) is 26.9. The Balaban J connectivity index is 2.05. The summed E-state index contributed by atoms with van der Waals surface area (Å²) < 4.78 is 16.1. The SMILES string of the molecule is CCCOc1c(Cl)cc(C(=O)OC(C)C(=O)Nc2ccc(N(C)C)cc2)cc1OC. The molecule has 1 N–H and O–H groups in total. The second-order valence-corrected chi connectivity index (χ2v) is 7.22. The first-order valence-corrected chi connectivity index (χ1v) is 9.94. The number of anilines is 2. The maximum Gasteiger partial charge on any atom is 0.339 e. The molecule has 1 atom stereocenters. The van der Waals surface area contributed by atoms with Crippen LogP contribution in [0.5, 0.6) is 11.5 Å². The number of nitrogens with zero attached hydrogens (tertiary/aromatic N) is 1. The summed E-state index contributed by atoms with van der Waals surface area (Å²) in [5.41, 5.74) is 1.77. The van der Waals surface area contributed by atoms with Crippen LogP contribution in [0.2, 0.25) is 5.02 Å². The van der Waals surface area contributed by atoms with Crippen LogP contribution in [0.15, 0.2) is 36.4 Å². The minimum absolute atomic E-state index is 0.163. The molecule has 0 saturated carbocycles. The molecule has 0 aliphatic heterocycles. The van der Waals surface area contributed by atoms with Gasteiger partial charge in [-0.2, -0.15) is 0 Å². The molecule has 0 aliphatic carbocycles. The standard InChI is InChI=1S/C22H27ClN2O5/c1-6-11-29-20-18(23)12-15(13-19(20)28-5)22(27)30-14(2)21(26)24-16-7-9-17(10-8-16)25(3)4/h7-10,12-14H,6,11H2,1-5H3,(H,24,26). The van der Waals surface area contributed by atoms with Gasteiger partial charge in [0.2, 0.25) is 0 Å². The molecule has 0 aromatic heterocycles. The minimum atomic E-state index is -1.01. The molecule has 0 heterocycles. The highest BCUT2D eigenvalue weighted by Gasteiger charge is 2.22. The van der Waals surface area contributed by atoms with E-state index in [4.69, 9.17) is 25.8 Å². The van der Waals surface area contributed by atoms with Crippen molar-refractivity contribution in [1.29, 1.82) is 0 Å². The molecule has 1 amide bonds. The summed E-state index contributed by atoms with van der Waals surface area (Å²) in [6.07, 6.45) is -0.208. The summed E-state index contributed by atoms with van der Waals surface area (Å²) in [5.74, 6) is -0.449. The van der Waals surface area contributed by atoms with Crippen molar-refractivity contribution in [3.8, 4) is 11.5 Å². The third-order valence-corrected chi connectivity index (χ3v) is 4.50. The van der Waals surface area contributed by atoms with Gasteiger partial charge in [0.15, 0.2) is 17.6 Å². The summed E-state index contributed by atoms with van der Waals surface area (Å²) in [7, 11) is 5.31. The number of carbonyl (C=O) groups is 2. The molecule has 0 spiro atoms. The molecule has 0 fully saturated rings. The van der Waals surface area contributed by atoms with Crippen molar-refractivity contribution in [2.45, 2.75) is 26.4 Å². The third-order valence-electron chi connectivity index (χ3n) is 4.22. The van der Waals surface area contributed by atoms with Crippen molar-refractivity contribution in [2.75, 3.05) is 38.0 Å². The van der Waals surface area contributed by atoms with Crippen molar-refractivity contribution in [2.24, 2.45) is 0 Å². The number of methoxy groups -OCH3 is 1. The zero-order valence-corrected chi connectivity index (χ0v) is 18.6. The lowest BCUT2D eigenvalue weighted by molar-refractivity contribution is -0.123. The van der Waals surface area contributed by atoms with Gasteiger partial charge in [-0.05, 0) is 49.7 Å². The van der Waals surface area contributed by atoms with Crippen molar-refractivity contribution in [1.82, 2.24) is 0 Å². The predicted molar refractivity (Wildman–Crippen MR) is 118 cm³/mol. The lowest BCUT2D eigenvalue weighted by Crippen LogP contribution is -2.30. The van der Waals surface area contributed by atoms with Gasteiger partial charge in [-0.1, -0.05) is 18.5 Å². The zero-order chi connectivity index (χ0) is 22.3. The fourth-order valence-corrected chi connectivity index (χ4v) is 2.82. The number of nitrogens with one attached hydrogen (secondary N) is 1. The highest BCUT2D eigenvalue weighted by Crippen LogP contribution is 2.36. The second kappa shape index (κ2) is 10.7. The van der Waals surface area contributed by atoms with Crippen LogP contribution in [0.1, 0.15) is 30.6 Å². The van der Waals surface area contributed by atoms with E-state index in [1.54, 1.807) is 12.1 Å². The molecule has 7 nitrogen and oxygen atoms in total. The maximum absolute atomic E-state index is 12.5. The quantitative estimate of drug-likeness (QED) is 0.590. The van der Waals surface area contributed by atoms with E-state index >= 15 is 0 Å². The first kappa shape index (κ1) is 23.3. The topological polar surface area (TPSA) is 77.1 Å². The number of ether oxygens (including phenoxy) is 3. The van der Waals surface area contributed by atoms with Gasteiger partial charge < -0.3 is 24.4 Å². The van der Waals surface area contributed by atoms with Gasteiger partial charge in [-0.3, -0.25) is 4.79 Å². The molecular formula is C22H27ClN2O5. The largest absolute Gasteiger partial charge is 0.493 e. The fourth-order valence-electron chi connectivity index (χ4n) is 2.55. The van der Waals surface area contributed by atoms with E-state index < -0.39 is 18.0 Å².